The van der Waals surface area contributed by atoms with Gasteiger partial charge in [0.2, 0.25) is 15.9 Å². The van der Waals surface area contributed by atoms with Gasteiger partial charge in [0, 0.05) is 0 Å². The lowest BCUT2D eigenvalue weighted by atomic mass is 9.96. The van der Waals surface area contributed by atoms with Crippen LogP contribution < -0.4 is 9.62 Å². The summed E-state index contributed by atoms with van der Waals surface area (Å²) in [6.45, 7) is 7.43. The van der Waals surface area contributed by atoms with Gasteiger partial charge in [0.25, 0.3) is 0 Å². The molecule has 0 radical (unpaired) electrons. The van der Waals surface area contributed by atoms with Crippen LogP contribution in [0.2, 0.25) is 0 Å². The molecule has 0 saturated heterocycles. The van der Waals surface area contributed by atoms with Gasteiger partial charge in [-0.15, -0.1) is 0 Å². The number of anilines is 1. The third-order valence-corrected chi connectivity index (χ3v) is 5.65. The normalized spacial score (nSPS) is 12.5. The van der Waals surface area contributed by atoms with Crippen molar-refractivity contribution in [2.75, 3.05) is 17.1 Å². The van der Waals surface area contributed by atoms with Crippen molar-refractivity contribution in [1.29, 1.82) is 0 Å². The molecular weight excluding hydrogens is 367 g/mol. The highest BCUT2D eigenvalue weighted by Gasteiger charge is 2.22. The highest BCUT2D eigenvalue weighted by Crippen LogP contribution is 2.22. The second-order valence-corrected chi connectivity index (χ2v) is 8.74. The van der Waals surface area contributed by atoms with Crippen molar-refractivity contribution in [3.63, 3.8) is 0 Å². The summed E-state index contributed by atoms with van der Waals surface area (Å²) in [4.78, 5) is 12.5. The molecular formula is C20H25FN2O3S. The maximum Gasteiger partial charge on any atom is 0.241 e. The molecule has 1 amide bonds. The summed E-state index contributed by atoms with van der Waals surface area (Å²) in [7, 11) is -3.74. The molecule has 7 heteroatoms. The molecule has 0 unspecified atom stereocenters. The number of amides is 1. The number of nitrogens with one attached hydrogen (secondary N) is 1. The minimum Gasteiger partial charge on any atom is -0.348 e. The highest BCUT2D eigenvalue weighted by atomic mass is 32.2. The van der Waals surface area contributed by atoms with E-state index in [1.807, 2.05) is 33.8 Å². The smallest absolute Gasteiger partial charge is 0.241 e. The van der Waals surface area contributed by atoms with Crippen molar-refractivity contribution < 1.29 is 17.6 Å². The fourth-order valence-corrected chi connectivity index (χ4v) is 3.82. The molecule has 0 aromatic heterocycles. The fraction of sp³-hybridized carbons (Fsp3) is 0.350. The van der Waals surface area contributed by atoms with Crippen molar-refractivity contribution in [3.8, 4) is 0 Å². The van der Waals surface area contributed by atoms with Crippen LogP contribution in [0, 0.1) is 26.6 Å². The number of sulfonamides is 1. The van der Waals surface area contributed by atoms with E-state index < -0.39 is 28.3 Å². The van der Waals surface area contributed by atoms with E-state index in [0.29, 0.717) is 0 Å². The van der Waals surface area contributed by atoms with E-state index in [2.05, 4.69) is 11.4 Å². The SMILES string of the molecule is Cc1cc(C)c([C@@H](C)NC(=O)CN(c2cccc(F)c2)S(C)(=O)=O)cc1C. The van der Waals surface area contributed by atoms with E-state index in [1.54, 1.807) is 0 Å². The number of halogens is 1. The summed E-state index contributed by atoms with van der Waals surface area (Å²) in [6.07, 6.45) is 0.988. The van der Waals surface area contributed by atoms with Crippen LogP contribution in [0.1, 0.15) is 35.2 Å². The van der Waals surface area contributed by atoms with E-state index in [1.165, 1.54) is 23.8 Å². The minimum absolute atomic E-state index is 0.114. The van der Waals surface area contributed by atoms with Gasteiger partial charge in [0.1, 0.15) is 12.4 Å². The van der Waals surface area contributed by atoms with E-state index >= 15 is 0 Å². The quantitative estimate of drug-likeness (QED) is 0.819. The molecule has 0 fully saturated rings. The van der Waals surface area contributed by atoms with Gasteiger partial charge in [-0.25, -0.2) is 12.8 Å². The van der Waals surface area contributed by atoms with Crippen LogP contribution >= 0.6 is 0 Å². The van der Waals surface area contributed by atoms with Crippen molar-refractivity contribution in [3.05, 3.63) is 64.5 Å². The molecule has 27 heavy (non-hydrogen) atoms. The topological polar surface area (TPSA) is 66.5 Å². The van der Waals surface area contributed by atoms with Gasteiger partial charge < -0.3 is 5.32 Å². The van der Waals surface area contributed by atoms with Crippen molar-refractivity contribution in [2.24, 2.45) is 0 Å². The third-order valence-electron chi connectivity index (χ3n) is 4.51. The van der Waals surface area contributed by atoms with Crippen LogP contribution in [0.3, 0.4) is 0 Å². The molecule has 2 rings (SSSR count). The van der Waals surface area contributed by atoms with Crippen molar-refractivity contribution >= 4 is 21.6 Å². The summed E-state index contributed by atoms with van der Waals surface area (Å²) < 4.78 is 38.6. The minimum atomic E-state index is -3.74. The van der Waals surface area contributed by atoms with Gasteiger partial charge in [-0.2, -0.15) is 0 Å². The lowest BCUT2D eigenvalue weighted by Gasteiger charge is -2.24. The van der Waals surface area contributed by atoms with Gasteiger partial charge in [-0.1, -0.05) is 18.2 Å². The Morgan fingerprint density at radius 3 is 2.33 bits per heavy atom. The summed E-state index contributed by atoms with van der Waals surface area (Å²) in [5.74, 6) is -1.03. The molecule has 1 N–H and O–H groups in total. The van der Waals surface area contributed by atoms with E-state index in [0.717, 1.165) is 33.3 Å². The zero-order chi connectivity index (χ0) is 20.4. The Labute approximate surface area is 160 Å². The fourth-order valence-electron chi connectivity index (χ4n) is 2.98. The van der Waals surface area contributed by atoms with Crippen LogP contribution in [-0.4, -0.2) is 27.1 Å². The maximum atomic E-state index is 13.5. The average molecular weight is 392 g/mol. The third kappa shape index (κ3) is 5.29. The summed E-state index contributed by atoms with van der Waals surface area (Å²) in [6, 6.07) is 8.96. The zero-order valence-electron chi connectivity index (χ0n) is 16.2. The number of hydrogen-bond acceptors (Lipinski definition) is 3. The molecule has 2 aromatic rings. The van der Waals surface area contributed by atoms with Crippen LogP contribution in [0.15, 0.2) is 36.4 Å². The summed E-state index contributed by atoms with van der Waals surface area (Å²) >= 11 is 0. The number of aryl methyl sites for hydroxylation is 3. The Hall–Kier alpha value is -2.41. The van der Waals surface area contributed by atoms with Crippen molar-refractivity contribution in [2.45, 2.75) is 33.7 Å². The molecule has 0 bridgehead atoms. The second kappa shape index (κ2) is 8.08. The van der Waals surface area contributed by atoms with Gasteiger partial charge in [0.05, 0.1) is 18.0 Å². The highest BCUT2D eigenvalue weighted by molar-refractivity contribution is 7.92. The van der Waals surface area contributed by atoms with Crippen LogP contribution in [0.25, 0.3) is 0 Å². The predicted octanol–water partition coefficient (Wildman–Crippen LogP) is 3.39. The van der Waals surface area contributed by atoms with Crippen LogP contribution in [0.5, 0.6) is 0 Å². The standard InChI is InChI=1S/C20H25FN2O3S/c1-13-9-15(3)19(10-14(13)2)16(4)22-20(24)12-23(27(5,25)26)18-8-6-7-17(21)11-18/h6-11,16H,12H2,1-5H3,(H,22,24)/t16-/m1/s1. The zero-order valence-corrected chi connectivity index (χ0v) is 17.0. The lowest BCUT2D eigenvalue weighted by molar-refractivity contribution is -0.120. The predicted molar refractivity (Wildman–Crippen MR) is 106 cm³/mol. The molecule has 0 aliphatic heterocycles. The summed E-state index contributed by atoms with van der Waals surface area (Å²) in [5, 5.41) is 2.83. The van der Waals surface area contributed by atoms with Gasteiger partial charge in [-0.05, 0) is 68.1 Å². The lowest BCUT2D eigenvalue weighted by Crippen LogP contribution is -2.41. The Kier molecular flexibility index (Phi) is 6.26. The first kappa shape index (κ1) is 20.9. The molecule has 1 atom stereocenters. The second-order valence-electron chi connectivity index (χ2n) is 6.83. The van der Waals surface area contributed by atoms with Crippen molar-refractivity contribution in [1.82, 2.24) is 5.32 Å². The number of carbonyl (C=O) groups excluding carboxylic acids is 1. The number of carbonyl (C=O) groups is 1. The van der Waals surface area contributed by atoms with E-state index in [-0.39, 0.29) is 11.7 Å². The molecule has 0 spiro atoms. The monoisotopic (exact) mass is 392 g/mol. The van der Waals surface area contributed by atoms with Crippen LogP contribution in [0.4, 0.5) is 10.1 Å². The number of nitrogens with zero attached hydrogens (tertiary/aromatic N) is 1. The number of hydrogen-bond donors (Lipinski definition) is 1. The Balaban J connectivity index is 2.20. The summed E-state index contributed by atoms with van der Waals surface area (Å²) in [5.41, 5.74) is 4.43. The molecule has 2 aromatic carbocycles. The molecule has 5 nitrogen and oxygen atoms in total. The van der Waals surface area contributed by atoms with E-state index in [9.17, 15) is 17.6 Å². The van der Waals surface area contributed by atoms with Gasteiger partial charge in [-0.3, -0.25) is 9.10 Å². The molecule has 0 heterocycles. The number of benzene rings is 2. The largest absolute Gasteiger partial charge is 0.348 e. The van der Waals surface area contributed by atoms with E-state index in [4.69, 9.17) is 0 Å². The maximum absolute atomic E-state index is 13.5. The molecule has 146 valence electrons. The average Bonchev–Trinajstić information content (AvgIpc) is 2.54. The Bertz CT molecular complexity index is 958. The Morgan fingerprint density at radius 2 is 1.74 bits per heavy atom. The molecule has 0 aliphatic rings. The van der Waals surface area contributed by atoms with Crippen LogP contribution in [-0.2, 0) is 14.8 Å². The first-order valence-corrected chi connectivity index (χ1v) is 10.4. The van der Waals surface area contributed by atoms with Gasteiger partial charge in [0.15, 0.2) is 0 Å². The number of rotatable bonds is 6. The molecule has 0 aliphatic carbocycles. The Morgan fingerprint density at radius 1 is 1.11 bits per heavy atom. The first-order chi connectivity index (χ1) is 12.5. The van der Waals surface area contributed by atoms with Gasteiger partial charge >= 0.3 is 0 Å². The molecule has 0 saturated carbocycles. The first-order valence-electron chi connectivity index (χ1n) is 8.59.